The summed E-state index contributed by atoms with van der Waals surface area (Å²) >= 11 is 12.6. The van der Waals surface area contributed by atoms with E-state index in [1.165, 1.54) is 0 Å². The van der Waals surface area contributed by atoms with Crippen LogP contribution in [0.1, 0.15) is 12.5 Å². The number of rotatable bonds is 6. The van der Waals surface area contributed by atoms with Crippen molar-refractivity contribution >= 4 is 51.2 Å². The first-order valence-electron chi connectivity index (χ1n) is 12.9. The lowest BCUT2D eigenvalue weighted by molar-refractivity contribution is -0.131. The number of allylic oxidation sites excluding steroid dienone is 6. The minimum Gasteiger partial charge on any atom is -0.378 e. The number of nitrogens with zero attached hydrogens (tertiary/aromatic N) is 4. The van der Waals surface area contributed by atoms with Crippen LogP contribution in [0.4, 0.5) is 4.39 Å². The molecule has 0 atom stereocenters. The Morgan fingerprint density at radius 3 is 2.56 bits per heavy atom. The number of aliphatic imine (C=N–C) groups is 1. The minimum atomic E-state index is -0.492. The van der Waals surface area contributed by atoms with Gasteiger partial charge in [0, 0.05) is 50.1 Å². The number of likely N-dealkylation sites (N-methyl/N-ethyl adjacent to an activating group) is 1. The van der Waals surface area contributed by atoms with Crippen molar-refractivity contribution in [2.24, 2.45) is 4.99 Å². The summed E-state index contributed by atoms with van der Waals surface area (Å²) < 4.78 is 22.2. The zero-order valence-electron chi connectivity index (χ0n) is 22.1. The third kappa shape index (κ3) is 5.36. The number of carbonyl (C=O) groups is 1. The second-order valence-electron chi connectivity index (χ2n) is 9.88. The molecule has 204 valence electrons. The fourth-order valence-electron chi connectivity index (χ4n) is 5.16. The molecule has 1 aliphatic carbocycles. The smallest absolute Gasteiger partial charge is 0.237 e. The molecule has 2 aliphatic heterocycles. The summed E-state index contributed by atoms with van der Waals surface area (Å²) in [5.74, 6) is -0.260. The van der Waals surface area contributed by atoms with Crippen LogP contribution in [0.15, 0.2) is 88.1 Å². The Morgan fingerprint density at radius 2 is 1.85 bits per heavy atom. The number of hydrogen-bond donors (Lipinski definition) is 0. The molecule has 0 saturated carbocycles. The van der Waals surface area contributed by atoms with Gasteiger partial charge in [-0.05, 0) is 29.3 Å². The zero-order chi connectivity index (χ0) is 27.7. The highest BCUT2D eigenvalue weighted by atomic mass is 35.5. The largest absolute Gasteiger partial charge is 0.378 e. The van der Waals surface area contributed by atoms with E-state index in [1.54, 1.807) is 11.9 Å². The number of amides is 1. The van der Waals surface area contributed by atoms with Gasteiger partial charge in [0.15, 0.2) is 5.83 Å². The van der Waals surface area contributed by atoms with Gasteiger partial charge in [-0.1, -0.05) is 60.6 Å². The number of benzene rings is 2. The van der Waals surface area contributed by atoms with Crippen molar-refractivity contribution in [1.29, 1.82) is 0 Å². The first-order valence-corrected chi connectivity index (χ1v) is 13.8. The summed E-state index contributed by atoms with van der Waals surface area (Å²) in [5, 5.41) is 2.22. The molecule has 9 heteroatoms. The van der Waals surface area contributed by atoms with E-state index in [0.717, 1.165) is 16.5 Å². The molecule has 0 aromatic heterocycles. The highest BCUT2D eigenvalue weighted by Gasteiger charge is 2.34. The van der Waals surface area contributed by atoms with Gasteiger partial charge in [0.25, 0.3) is 0 Å². The molecule has 6 nitrogen and oxygen atoms in total. The van der Waals surface area contributed by atoms with Crippen LogP contribution in [0.25, 0.3) is 16.3 Å². The van der Waals surface area contributed by atoms with Crippen LogP contribution in [0.3, 0.4) is 0 Å². The van der Waals surface area contributed by atoms with E-state index in [4.69, 9.17) is 32.9 Å². The van der Waals surface area contributed by atoms with E-state index in [-0.39, 0.29) is 23.5 Å². The number of alkyl halides is 1. The lowest BCUT2D eigenvalue weighted by atomic mass is 9.90. The molecular weight excluding hydrogens is 538 g/mol. The van der Waals surface area contributed by atoms with Gasteiger partial charge in [0.2, 0.25) is 5.91 Å². The molecule has 0 spiro atoms. The van der Waals surface area contributed by atoms with E-state index in [0.29, 0.717) is 67.0 Å². The molecule has 2 aromatic rings. The topological polar surface area (TPSA) is 48.4 Å². The van der Waals surface area contributed by atoms with Gasteiger partial charge >= 0.3 is 0 Å². The molecule has 0 bridgehead atoms. The highest BCUT2D eigenvalue weighted by molar-refractivity contribution is 6.41. The van der Waals surface area contributed by atoms with Crippen LogP contribution < -0.4 is 0 Å². The molecule has 2 heterocycles. The SMILES string of the molecule is C=C(/N=C1/C(F)=C(c2cccc3ccccc23)C(Cl)=C/C1=C(/C)N1CCOCC1)N1CC(N(C)C(=O)CCl)C1. The normalized spacial score (nSPS) is 20.7. The number of halogens is 3. The molecule has 2 aromatic carbocycles. The summed E-state index contributed by atoms with van der Waals surface area (Å²) in [6.07, 6.45) is 1.81. The number of fused-ring (bicyclic) bond motifs is 1. The van der Waals surface area contributed by atoms with Crippen molar-refractivity contribution in [1.82, 2.24) is 14.7 Å². The molecular formula is C30H31Cl2FN4O2. The molecule has 2 fully saturated rings. The second kappa shape index (κ2) is 11.5. The molecule has 1 amide bonds. The molecule has 3 aliphatic rings. The summed E-state index contributed by atoms with van der Waals surface area (Å²) in [6, 6.07) is 13.6. The Balaban J connectivity index is 1.56. The van der Waals surface area contributed by atoms with Gasteiger partial charge in [-0.2, -0.15) is 0 Å². The third-order valence-electron chi connectivity index (χ3n) is 7.65. The first-order chi connectivity index (χ1) is 18.8. The average molecular weight is 570 g/mol. The van der Waals surface area contributed by atoms with Crippen molar-refractivity contribution in [3.63, 3.8) is 0 Å². The average Bonchev–Trinajstić information content (AvgIpc) is 2.93. The van der Waals surface area contributed by atoms with E-state index >= 15 is 4.39 Å². The van der Waals surface area contributed by atoms with E-state index in [9.17, 15) is 4.79 Å². The molecule has 2 saturated heterocycles. The quantitative estimate of drug-likeness (QED) is 0.428. The summed E-state index contributed by atoms with van der Waals surface area (Å²) in [6.45, 7) is 9.81. The number of ether oxygens (including phenoxy) is 1. The molecule has 0 unspecified atom stereocenters. The molecule has 39 heavy (non-hydrogen) atoms. The van der Waals surface area contributed by atoms with E-state index < -0.39 is 5.83 Å². The zero-order valence-corrected chi connectivity index (χ0v) is 23.6. The Labute approximate surface area is 238 Å². The summed E-state index contributed by atoms with van der Waals surface area (Å²) in [7, 11) is 1.74. The first kappa shape index (κ1) is 27.4. The maximum atomic E-state index is 16.7. The predicted octanol–water partition coefficient (Wildman–Crippen LogP) is 5.56. The van der Waals surface area contributed by atoms with Crippen molar-refractivity contribution < 1.29 is 13.9 Å². The Morgan fingerprint density at radius 1 is 1.15 bits per heavy atom. The molecule has 5 rings (SSSR count). The van der Waals surface area contributed by atoms with Crippen LogP contribution in [0.2, 0.25) is 0 Å². The fourth-order valence-corrected chi connectivity index (χ4v) is 5.64. The Hall–Kier alpha value is -3.13. The van der Waals surface area contributed by atoms with Crippen LogP contribution in [0, 0.1) is 0 Å². The maximum absolute atomic E-state index is 16.7. The predicted molar refractivity (Wildman–Crippen MR) is 156 cm³/mol. The van der Waals surface area contributed by atoms with Crippen LogP contribution in [0.5, 0.6) is 0 Å². The summed E-state index contributed by atoms with van der Waals surface area (Å²) in [5.41, 5.74) is 2.72. The van der Waals surface area contributed by atoms with Crippen LogP contribution >= 0.6 is 23.2 Å². The molecule has 0 radical (unpaired) electrons. The lowest BCUT2D eigenvalue weighted by Gasteiger charge is -2.45. The van der Waals surface area contributed by atoms with Gasteiger partial charge in [-0.15, -0.1) is 11.6 Å². The van der Waals surface area contributed by atoms with Gasteiger partial charge in [0.05, 0.1) is 24.3 Å². The highest BCUT2D eigenvalue weighted by Crippen LogP contribution is 2.41. The monoisotopic (exact) mass is 568 g/mol. The summed E-state index contributed by atoms with van der Waals surface area (Å²) in [4.78, 5) is 22.5. The Bertz CT molecular complexity index is 1430. The number of morpholine rings is 1. The third-order valence-corrected chi connectivity index (χ3v) is 8.18. The number of likely N-dealkylation sites (tertiary alicyclic amines) is 1. The van der Waals surface area contributed by atoms with Crippen LogP contribution in [-0.4, -0.2) is 84.7 Å². The fraction of sp³-hybridized carbons (Fsp3) is 0.333. The molecule has 0 N–H and O–H groups in total. The van der Waals surface area contributed by atoms with E-state index in [1.807, 2.05) is 60.4 Å². The van der Waals surface area contributed by atoms with Gasteiger partial charge in [0.1, 0.15) is 17.4 Å². The second-order valence-corrected chi connectivity index (χ2v) is 10.6. The van der Waals surface area contributed by atoms with Gasteiger partial charge in [-0.3, -0.25) is 4.79 Å². The van der Waals surface area contributed by atoms with E-state index in [2.05, 4.69) is 11.5 Å². The standard InChI is InChI=1S/C30H31Cl2FN4O2/c1-19(36-11-13-39-14-12-36)25-15-26(32)28(24-10-6-8-21-7-4-5-9-23(21)24)29(33)30(25)34-20(2)37-17-22(18-37)35(3)27(38)16-31/h4-10,15,22H,2,11-14,16-18H2,1,3H3/b25-19+,34-30+. The van der Waals surface area contributed by atoms with Crippen molar-refractivity contribution in [3.8, 4) is 0 Å². The number of carbonyl (C=O) groups excluding carboxylic acids is 1. The Kier molecular flexibility index (Phi) is 8.12. The van der Waals surface area contributed by atoms with Crippen molar-refractivity contribution in [2.75, 3.05) is 52.3 Å². The number of hydrogen-bond acceptors (Lipinski definition) is 5. The van der Waals surface area contributed by atoms with Crippen LogP contribution in [-0.2, 0) is 9.53 Å². The lowest BCUT2D eigenvalue weighted by Crippen LogP contribution is -2.59. The maximum Gasteiger partial charge on any atom is 0.237 e. The van der Waals surface area contributed by atoms with Crippen molar-refractivity contribution in [3.05, 3.63) is 88.6 Å². The minimum absolute atomic E-state index is 0.00521. The van der Waals surface area contributed by atoms with Gasteiger partial charge in [-0.25, -0.2) is 9.38 Å². The van der Waals surface area contributed by atoms with Gasteiger partial charge < -0.3 is 19.4 Å². The van der Waals surface area contributed by atoms with Crippen molar-refractivity contribution in [2.45, 2.75) is 13.0 Å².